The highest BCUT2D eigenvalue weighted by molar-refractivity contribution is 5.90. The van der Waals surface area contributed by atoms with Crippen molar-refractivity contribution in [3.8, 4) is 0 Å². The van der Waals surface area contributed by atoms with Gasteiger partial charge in [0.15, 0.2) is 0 Å². The lowest BCUT2D eigenvalue weighted by atomic mass is 9.94. The summed E-state index contributed by atoms with van der Waals surface area (Å²) >= 11 is 0. The SMILES string of the molecule is O=C(CC[C@@H]1C[C@@H](OCc2ccccc2)[C@H](OCc2ccccc2)[C@@H](COCc2ccccc2)O1)Nc1ccccc1. The Morgan fingerprint density at radius 3 is 1.81 bits per heavy atom. The molecule has 42 heavy (non-hydrogen) atoms. The van der Waals surface area contributed by atoms with Gasteiger partial charge in [0.25, 0.3) is 0 Å². The van der Waals surface area contributed by atoms with Crippen LogP contribution in [-0.4, -0.2) is 36.9 Å². The zero-order valence-corrected chi connectivity index (χ0v) is 23.8. The van der Waals surface area contributed by atoms with Crippen LogP contribution in [0.2, 0.25) is 0 Å². The van der Waals surface area contributed by atoms with E-state index in [0.717, 1.165) is 22.4 Å². The molecule has 4 aromatic rings. The van der Waals surface area contributed by atoms with Gasteiger partial charge in [-0.05, 0) is 35.2 Å². The maximum absolute atomic E-state index is 12.7. The monoisotopic (exact) mass is 565 g/mol. The van der Waals surface area contributed by atoms with E-state index in [1.165, 1.54) is 0 Å². The first-order chi connectivity index (χ1) is 20.7. The van der Waals surface area contributed by atoms with Crippen molar-refractivity contribution in [3.63, 3.8) is 0 Å². The van der Waals surface area contributed by atoms with E-state index in [2.05, 4.69) is 29.6 Å². The summed E-state index contributed by atoms with van der Waals surface area (Å²) in [7, 11) is 0. The summed E-state index contributed by atoms with van der Waals surface area (Å²) in [5.74, 6) is -0.0362. The lowest BCUT2D eigenvalue weighted by Gasteiger charge is -2.41. The first-order valence-electron chi connectivity index (χ1n) is 14.7. The minimum absolute atomic E-state index is 0.0362. The van der Waals surface area contributed by atoms with Gasteiger partial charge in [-0.25, -0.2) is 0 Å². The number of amides is 1. The Labute approximate surface area is 248 Å². The Hall–Kier alpha value is -3.81. The summed E-state index contributed by atoms with van der Waals surface area (Å²) in [6.07, 6.45) is 0.459. The maximum Gasteiger partial charge on any atom is 0.224 e. The van der Waals surface area contributed by atoms with Crippen LogP contribution in [0.1, 0.15) is 36.0 Å². The molecule has 0 radical (unpaired) electrons. The van der Waals surface area contributed by atoms with Gasteiger partial charge in [0.05, 0.1) is 38.6 Å². The number of anilines is 1. The third-order valence-corrected chi connectivity index (χ3v) is 7.33. The number of para-hydroxylation sites is 1. The second kappa shape index (κ2) is 16.0. The van der Waals surface area contributed by atoms with E-state index in [-0.39, 0.29) is 30.3 Å². The predicted octanol–water partition coefficient (Wildman–Crippen LogP) is 6.95. The molecule has 0 unspecified atom stereocenters. The molecule has 4 atom stereocenters. The number of benzene rings is 4. The number of rotatable bonds is 14. The minimum Gasteiger partial charge on any atom is -0.374 e. The van der Waals surface area contributed by atoms with Crippen LogP contribution in [0.15, 0.2) is 121 Å². The largest absolute Gasteiger partial charge is 0.374 e. The molecular formula is C36H39NO5. The lowest BCUT2D eigenvalue weighted by Crippen LogP contribution is -2.52. The summed E-state index contributed by atoms with van der Waals surface area (Å²) in [5, 5.41) is 2.98. The lowest BCUT2D eigenvalue weighted by molar-refractivity contribution is -0.221. The van der Waals surface area contributed by atoms with Crippen LogP contribution in [-0.2, 0) is 43.6 Å². The van der Waals surface area contributed by atoms with Crippen molar-refractivity contribution in [2.24, 2.45) is 0 Å². The molecule has 0 aliphatic carbocycles. The molecule has 1 amide bonds. The van der Waals surface area contributed by atoms with Gasteiger partial charge in [0.1, 0.15) is 12.2 Å². The Morgan fingerprint density at radius 1 is 0.690 bits per heavy atom. The molecule has 0 bridgehead atoms. The van der Waals surface area contributed by atoms with Gasteiger partial charge in [-0.1, -0.05) is 109 Å². The molecular weight excluding hydrogens is 526 g/mol. The molecule has 6 nitrogen and oxygen atoms in total. The van der Waals surface area contributed by atoms with Crippen molar-refractivity contribution < 1.29 is 23.7 Å². The molecule has 1 fully saturated rings. The Kier molecular flexibility index (Phi) is 11.3. The van der Waals surface area contributed by atoms with E-state index in [1.807, 2.05) is 97.1 Å². The van der Waals surface area contributed by atoms with Crippen LogP contribution in [0, 0.1) is 0 Å². The van der Waals surface area contributed by atoms with E-state index in [9.17, 15) is 4.79 Å². The molecule has 1 aliphatic rings. The number of carbonyl (C=O) groups excluding carboxylic acids is 1. The van der Waals surface area contributed by atoms with Crippen molar-refractivity contribution in [1.82, 2.24) is 0 Å². The second-order valence-electron chi connectivity index (χ2n) is 10.6. The average Bonchev–Trinajstić information content (AvgIpc) is 3.04. The third-order valence-electron chi connectivity index (χ3n) is 7.33. The van der Waals surface area contributed by atoms with Crippen LogP contribution >= 0.6 is 0 Å². The fourth-order valence-corrected chi connectivity index (χ4v) is 5.16. The summed E-state index contributed by atoms with van der Waals surface area (Å²) < 4.78 is 25.8. The Balaban J connectivity index is 1.28. The number of carbonyl (C=O) groups is 1. The van der Waals surface area contributed by atoms with E-state index >= 15 is 0 Å². The molecule has 1 N–H and O–H groups in total. The minimum atomic E-state index is -0.353. The van der Waals surface area contributed by atoms with E-state index in [1.54, 1.807) is 0 Å². The summed E-state index contributed by atoms with van der Waals surface area (Å²) in [6, 6.07) is 39.9. The van der Waals surface area contributed by atoms with Crippen molar-refractivity contribution in [1.29, 1.82) is 0 Å². The molecule has 4 aromatic carbocycles. The van der Waals surface area contributed by atoms with Gasteiger partial charge in [-0.2, -0.15) is 0 Å². The normalized spacial score (nSPS) is 20.2. The second-order valence-corrected chi connectivity index (χ2v) is 10.6. The first-order valence-corrected chi connectivity index (χ1v) is 14.7. The topological polar surface area (TPSA) is 66.0 Å². The maximum atomic E-state index is 12.7. The van der Waals surface area contributed by atoms with E-state index in [4.69, 9.17) is 18.9 Å². The van der Waals surface area contributed by atoms with Crippen molar-refractivity contribution in [3.05, 3.63) is 138 Å². The molecule has 5 rings (SSSR count). The van der Waals surface area contributed by atoms with Crippen LogP contribution in [0.5, 0.6) is 0 Å². The standard InChI is InChI=1S/C36H39NO5/c38-35(37-31-19-11-4-12-20-31)22-21-32-23-33(40-25-29-15-7-2-8-16-29)36(41-26-30-17-9-3-10-18-30)34(42-32)27-39-24-28-13-5-1-6-14-28/h1-20,32-34,36H,21-27H2,(H,37,38)/t32-,33-,34-,36+/m1/s1. The zero-order valence-electron chi connectivity index (χ0n) is 23.8. The molecule has 1 saturated heterocycles. The van der Waals surface area contributed by atoms with Crippen LogP contribution < -0.4 is 5.32 Å². The Morgan fingerprint density at radius 2 is 1.21 bits per heavy atom. The summed E-state index contributed by atoms with van der Waals surface area (Å²) in [6.45, 7) is 1.74. The van der Waals surface area contributed by atoms with E-state index in [0.29, 0.717) is 45.7 Å². The van der Waals surface area contributed by atoms with Gasteiger partial charge < -0.3 is 24.3 Å². The van der Waals surface area contributed by atoms with Crippen molar-refractivity contribution >= 4 is 11.6 Å². The predicted molar refractivity (Wildman–Crippen MR) is 164 cm³/mol. The van der Waals surface area contributed by atoms with Crippen molar-refractivity contribution in [2.45, 2.75) is 63.5 Å². The fourth-order valence-electron chi connectivity index (χ4n) is 5.16. The van der Waals surface area contributed by atoms with Gasteiger partial charge in [-0.3, -0.25) is 4.79 Å². The average molecular weight is 566 g/mol. The summed E-state index contributed by atoms with van der Waals surface area (Å²) in [4.78, 5) is 12.7. The number of ether oxygens (including phenoxy) is 4. The molecule has 1 aliphatic heterocycles. The first kappa shape index (κ1) is 29.7. The quantitative estimate of drug-likeness (QED) is 0.179. The number of nitrogens with one attached hydrogen (secondary N) is 1. The van der Waals surface area contributed by atoms with Crippen LogP contribution in [0.3, 0.4) is 0 Å². The zero-order chi connectivity index (χ0) is 28.8. The molecule has 0 aromatic heterocycles. The van der Waals surface area contributed by atoms with Gasteiger partial charge >= 0.3 is 0 Å². The molecule has 0 saturated carbocycles. The fraction of sp³-hybridized carbons (Fsp3) is 0.306. The van der Waals surface area contributed by atoms with Crippen molar-refractivity contribution in [2.75, 3.05) is 11.9 Å². The van der Waals surface area contributed by atoms with Crippen LogP contribution in [0.4, 0.5) is 5.69 Å². The summed E-state index contributed by atoms with van der Waals surface area (Å²) in [5.41, 5.74) is 4.07. The van der Waals surface area contributed by atoms with E-state index < -0.39 is 0 Å². The highest BCUT2D eigenvalue weighted by Gasteiger charge is 2.40. The number of hydrogen-bond acceptors (Lipinski definition) is 5. The molecule has 0 spiro atoms. The molecule has 1 heterocycles. The van der Waals surface area contributed by atoms with Gasteiger partial charge in [0, 0.05) is 18.5 Å². The number of hydrogen-bond donors (Lipinski definition) is 1. The van der Waals surface area contributed by atoms with Gasteiger partial charge in [-0.15, -0.1) is 0 Å². The van der Waals surface area contributed by atoms with Gasteiger partial charge in [0.2, 0.25) is 5.91 Å². The molecule has 218 valence electrons. The highest BCUT2D eigenvalue weighted by atomic mass is 16.6. The third kappa shape index (κ3) is 9.36. The smallest absolute Gasteiger partial charge is 0.224 e. The highest BCUT2D eigenvalue weighted by Crippen LogP contribution is 2.30. The van der Waals surface area contributed by atoms with Crippen LogP contribution in [0.25, 0.3) is 0 Å². The Bertz CT molecular complexity index is 1320. The molecule has 6 heteroatoms.